The molecule has 2 N–H and O–H groups in total. The lowest BCUT2D eigenvalue weighted by molar-refractivity contribution is 0.249. The lowest BCUT2D eigenvalue weighted by Crippen LogP contribution is -2.41. The van der Waals surface area contributed by atoms with Crippen LogP contribution in [0.15, 0.2) is 60.8 Å². The molecule has 1 aliphatic heterocycles. The number of nitrogens with one attached hydrogen (secondary N) is 2. The molecule has 0 radical (unpaired) electrons. The van der Waals surface area contributed by atoms with Gasteiger partial charge in [0.25, 0.3) is 0 Å². The molecule has 3 heterocycles. The predicted octanol–water partition coefficient (Wildman–Crippen LogP) is 5.76. The molecule has 0 bridgehead atoms. The monoisotopic (exact) mass is 517 g/mol. The zero-order chi connectivity index (χ0) is 26.2. The van der Waals surface area contributed by atoms with Gasteiger partial charge in [-0.15, -0.1) is 0 Å². The number of H-pyrrole nitrogens is 1. The van der Waals surface area contributed by atoms with Crippen LogP contribution in [0.25, 0.3) is 22.3 Å². The molecule has 1 fully saturated rings. The summed E-state index contributed by atoms with van der Waals surface area (Å²) in [6, 6.07) is 19.2. The first kappa shape index (κ1) is 25.4. The zero-order valence-corrected chi connectivity index (χ0v) is 23.2. The normalized spacial score (nSPS) is 14.9. The minimum Gasteiger partial charge on any atom is -0.496 e. The van der Waals surface area contributed by atoms with E-state index < -0.39 is 7.14 Å². The number of aromatic nitrogens is 2. The maximum absolute atomic E-state index is 13.1. The van der Waals surface area contributed by atoms with E-state index in [9.17, 15) is 4.57 Å². The smallest absolute Gasteiger partial charge is 0.139 e. The third-order valence-electron chi connectivity index (χ3n) is 7.30. The summed E-state index contributed by atoms with van der Waals surface area (Å²) in [5.41, 5.74) is 5.88. The Hall–Kier alpha value is -3.28. The fraction of sp³-hybridized carbons (Fsp3) is 0.345. The quantitative estimate of drug-likeness (QED) is 0.304. The molecule has 2 aromatic carbocycles. The van der Waals surface area contributed by atoms with Crippen LogP contribution >= 0.6 is 7.14 Å². The van der Waals surface area contributed by atoms with Gasteiger partial charge in [0.1, 0.15) is 18.5 Å². The molecule has 5 rings (SSSR count). The van der Waals surface area contributed by atoms with Gasteiger partial charge in [-0.05, 0) is 82.2 Å². The Morgan fingerprint density at radius 3 is 2.43 bits per heavy atom. The van der Waals surface area contributed by atoms with Gasteiger partial charge < -0.3 is 29.4 Å². The number of rotatable bonds is 7. The highest BCUT2D eigenvalue weighted by Crippen LogP contribution is 2.43. The average Bonchev–Trinajstić information content (AvgIpc) is 3.33. The van der Waals surface area contributed by atoms with E-state index in [0.717, 1.165) is 46.8 Å². The highest BCUT2D eigenvalue weighted by Gasteiger charge is 2.23. The Balaban J connectivity index is 1.41. The molecule has 0 aliphatic carbocycles. The fourth-order valence-electron chi connectivity index (χ4n) is 5.27. The first-order valence-electron chi connectivity index (χ1n) is 12.7. The van der Waals surface area contributed by atoms with Gasteiger partial charge in [-0.25, -0.2) is 4.98 Å². The zero-order valence-electron chi connectivity index (χ0n) is 22.3. The van der Waals surface area contributed by atoms with Gasteiger partial charge >= 0.3 is 0 Å². The van der Waals surface area contributed by atoms with Crippen molar-refractivity contribution in [3.8, 4) is 17.0 Å². The Morgan fingerprint density at radius 2 is 1.78 bits per heavy atom. The Bertz CT molecular complexity index is 1430. The molecule has 1 saturated heterocycles. The molecule has 2 aromatic heterocycles. The molecule has 0 atom stereocenters. The summed E-state index contributed by atoms with van der Waals surface area (Å²) in [6.45, 7) is 5.70. The Morgan fingerprint density at radius 1 is 1.05 bits per heavy atom. The highest BCUT2D eigenvalue weighted by atomic mass is 31.2. The van der Waals surface area contributed by atoms with Crippen molar-refractivity contribution < 1.29 is 9.30 Å². The number of nitrogens with zero attached hydrogens (tertiary/aromatic N) is 3. The summed E-state index contributed by atoms with van der Waals surface area (Å²) in [5.74, 6) is 0.629. The number of piperidine rings is 1. The van der Waals surface area contributed by atoms with E-state index in [0.29, 0.717) is 17.1 Å². The van der Waals surface area contributed by atoms with Crippen molar-refractivity contribution in [2.75, 3.05) is 57.8 Å². The van der Waals surface area contributed by atoms with E-state index in [2.05, 4.69) is 69.5 Å². The standard InChI is InChI=1S/C29H36N5O2P/c1-33(2)21-14-17-34(18-15-21)22-11-9-20(10-12-22)26-19-23-24(13-16-30-29(23)32-26)31-25-7-6-8-27(36-3)28(25)37(4,5)35/h6-13,16,19,21H,14-15,17-18H2,1-5H3,(H2,30,31,32). The lowest BCUT2D eigenvalue weighted by atomic mass is 10.0. The van der Waals surface area contributed by atoms with Crippen LogP contribution < -0.4 is 20.3 Å². The minimum atomic E-state index is -2.59. The van der Waals surface area contributed by atoms with Crippen molar-refractivity contribution in [3.63, 3.8) is 0 Å². The molecule has 0 amide bonds. The minimum absolute atomic E-state index is 0.629. The van der Waals surface area contributed by atoms with Gasteiger partial charge in [0.15, 0.2) is 0 Å². The molecule has 194 valence electrons. The molecule has 8 heteroatoms. The topological polar surface area (TPSA) is 73.5 Å². The van der Waals surface area contributed by atoms with Crippen molar-refractivity contribution in [2.45, 2.75) is 18.9 Å². The summed E-state index contributed by atoms with van der Waals surface area (Å²) < 4.78 is 18.6. The second-order valence-electron chi connectivity index (χ2n) is 10.4. The number of pyridine rings is 1. The van der Waals surface area contributed by atoms with Crippen LogP contribution in [0.5, 0.6) is 5.75 Å². The number of hydrogen-bond donors (Lipinski definition) is 2. The SMILES string of the molecule is COc1cccc(Nc2ccnc3[nH]c(-c4ccc(N5CCC(N(C)C)CC5)cc4)cc23)c1P(C)(C)=O. The molecule has 1 aliphatic rings. The Labute approximate surface area is 219 Å². The summed E-state index contributed by atoms with van der Waals surface area (Å²) >= 11 is 0. The van der Waals surface area contributed by atoms with E-state index in [1.54, 1.807) is 26.6 Å². The number of hydrogen-bond acceptors (Lipinski definition) is 6. The van der Waals surface area contributed by atoms with Crippen molar-refractivity contribution in [1.82, 2.24) is 14.9 Å². The second-order valence-corrected chi connectivity index (χ2v) is 13.5. The number of fused-ring (bicyclic) bond motifs is 1. The number of anilines is 3. The van der Waals surface area contributed by atoms with Crippen molar-refractivity contribution in [3.05, 3.63) is 60.8 Å². The number of methoxy groups -OCH3 is 1. The Kier molecular flexibility index (Phi) is 7.02. The van der Waals surface area contributed by atoms with Crippen LogP contribution in [-0.2, 0) is 4.57 Å². The second kappa shape index (κ2) is 10.2. The molecule has 4 aromatic rings. The van der Waals surface area contributed by atoms with Gasteiger partial charge in [-0.1, -0.05) is 18.2 Å². The van der Waals surface area contributed by atoms with Gasteiger partial charge in [0.05, 0.1) is 23.8 Å². The molecular weight excluding hydrogens is 481 g/mol. The number of aromatic amines is 1. The molecular formula is C29H36N5O2P. The van der Waals surface area contributed by atoms with Crippen LogP contribution in [0, 0.1) is 0 Å². The maximum atomic E-state index is 13.1. The van der Waals surface area contributed by atoms with Gasteiger partial charge in [-0.3, -0.25) is 0 Å². The summed E-state index contributed by atoms with van der Waals surface area (Å²) in [5, 5.41) is 5.19. The fourth-order valence-corrected chi connectivity index (χ4v) is 6.68. The van der Waals surface area contributed by atoms with Gasteiger partial charge in [0, 0.05) is 42.1 Å². The first-order valence-corrected chi connectivity index (χ1v) is 15.3. The number of benzene rings is 2. The highest BCUT2D eigenvalue weighted by molar-refractivity contribution is 7.70. The average molecular weight is 518 g/mol. The third kappa shape index (κ3) is 5.25. The van der Waals surface area contributed by atoms with Crippen molar-refractivity contribution in [2.24, 2.45) is 0 Å². The first-order chi connectivity index (χ1) is 17.7. The van der Waals surface area contributed by atoms with Gasteiger partial charge in [-0.2, -0.15) is 0 Å². The lowest BCUT2D eigenvalue weighted by Gasteiger charge is -2.36. The van der Waals surface area contributed by atoms with E-state index in [1.807, 2.05) is 24.3 Å². The van der Waals surface area contributed by atoms with Crippen LogP contribution in [0.3, 0.4) is 0 Å². The summed E-state index contributed by atoms with van der Waals surface area (Å²) in [7, 11) is 3.36. The van der Waals surface area contributed by atoms with Crippen LogP contribution in [0.1, 0.15) is 12.8 Å². The molecule has 0 unspecified atom stereocenters. The molecule has 7 nitrogen and oxygen atoms in total. The predicted molar refractivity (Wildman–Crippen MR) is 156 cm³/mol. The van der Waals surface area contributed by atoms with Crippen LogP contribution in [0.2, 0.25) is 0 Å². The summed E-state index contributed by atoms with van der Waals surface area (Å²) in [6.07, 6.45) is 4.17. The summed E-state index contributed by atoms with van der Waals surface area (Å²) in [4.78, 5) is 12.8. The van der Waals surface area contributed by atoms with E-state index in [4.69, 9.17) is 4.74 Å². The van der Waals surface area contributed by atoms with Crippen LogP contribution in [0.4, 0.5) is 17.1 Å². The van der Waals surface area contributed by atoms with E-state index >= 15 is 0 Å². The van der Waals surface area contributed by atoms with E-state index in [-0.39, 0.29) is 0 Å². The van der Waals surface area contributed by atoms with Gasteiger partial charge in [0.2, 0.25) is 0 Å². The largest absolute Gasteiger partial charge is 0.496 e. The van der Waals surface area contributed by atoms with E-state index in [1.165, 1.54) is 18.5 Å². The van der Waals surface area contributed by atoms with Crippen LogP contribution in [-0.4, -0.2) is 68.5 Å². The van der Waals surface area contributed by atoms with Crippen molar-refractivity contribution in [1.29, 1.82) is 0 Å². The molecule has 0 spiro atoms. The number of ether oxygens (including phenoxy) is 1. The third-order valence-corrected chi connectivity index (χ3v) is 8.84. The van der Waals surface area contributed by atoms with Crippen molar-refractivity contribution >= 4 is 40.5 Å². The molecule has 37 heavy (non-hydrogen) atoms. The maximum Gasteiger partial charge on any atom is 0.139 e. The molecule has 0 saturated carbocycles.